The van der Waals surface area contributed by atoms with Gasteiger partial charge in [0.1, 0.15) is 0 Å². The van der Waals surface area contributed by atoms with Gasteiger partial charge in [0.05, 0.1) is 0 Å². The lowest BCUT2D eigenvalue weighted by molar-refractivity contribution is 0.0706. The van der Waals surface area contributed by atoms with Crippen molar-refractivity contribution in [1.82, 2.24) is 10.8 Å². The van der Waals surface area contributed by atoms with Crippen molar-refractivity contribution in [3.05, 3.63) is 77.4 Å². The normalized spacial score (nSPS) is 10.5. The van der Waals surface area contributed by atoms with Crippen LogP contribution in [0.5, 0.6) is 0 Å². The van der Waals surface area contributed by atoms with Crippen molar-refractivity contribution in [3.8, 4) is 0 Å². The summed E-state index contributed by atoms with van der Waals surface area (Å²) in [5, 5.41) is 13.6. The van der Waals surface area contributed by atoms with E-state index in [-0.39, 0.29) is 5.91 Å². The fourth-order valence-corrected chi connectivity index (χ4v) is 2.78. The maximum absolute atomic E-state index is 12.4. The highest BCUT2D eigenvalue weighted by Crippen LogP contribution is 2.22. The lowest BCUT2D eigenvalue weighted by atomic mass is 10.1. The molecule has 3 aromatic rings. The zero-order valence-electron chi connectivity index (χ0n) is 15.2. The predicted octanol–water partition coefficient (Wildman–Crippen LogP) is 2.95. The number of hydrogen-bond donors (Lipinski definition) is 3. The monoisotopic (exact) mass is 363 g/mol. The van der Waals surface area contributed by atoms with Crippen molar-refractivity contribution in [2.45, 2.75) is 6.54 Å². The summed E-state index contributed by atoms with van der Waals surface area (Å²) >= 11 is 0. The Balaban J connectivity index is 1.68. The van der Waals surface area contributed by atoms with Crippen LogP contribution >= 0.6 is 0 Å². The number of anilines is 1. The third-order valence-corrected chi connectivity index (χ3v) is 4.37. The number of rotatable bonds is 5. The number of benzene rings is 3. The van der Waals surface area contributed by atoms with Crippen LogP contribution in [-0.2, 0) is 6.54 Å². The van der Waals surface area contributed by atoms with Crippen molar-refractivity contribution in [3.63, 3.8) is 0 Å². The lowest BCUT2D eigenvalue weighted by Gasteiger charge is -2.13. The summed E-state index contributed by atoms with van der Waals surface area (Å²) in [6.45, 7) is 0.345. The Morgan fingerprint density at radius 2 is 1.48 bits per heavy atom. The molecule has 0 fully saturated rings. The first-order valence-electron chi connectivity index (χ1n) is 8.50. The van der Waals surface area contributed by atoms with Crippen LogP contribution in [0, 0.1) is 0 Å². The largest absolute Gasteiger partial charge is 0.378 e. The Hall–Kier alpha value is -3.38. The van der Waals surface area contributed by atoms with E-state index < -0.39 is 5.91 Å². The topological polar surface area (TPSA) is 81.7 Å². The molecule has 0 aliphatic carbocycles. The molecule has 0 aromatic heterocycles. The average molecular weight is 363 g/mol. The highest BCUT2D eigenvalue weighted by molar-refractivity contribution is 5.99. The third-order valence-electron chi connectivity index (χ3n) is 4.37. The fourth-order valence-electron chi connectivity index (χ4n) is 2.78. The molecule has 0 spiro atoms. The van der Waals surface area contributed by atoms with Gasteiger partial charge < -0.3 is 10.2 Å². The molecule has 0 aliphatic rings. The van der Waals surface area contributed by atoms with Gasteiger partial charge in [0.15, 0.2) is 0 Å². The molecule has 3 rings (SSSR count). The molecule has 2 amide bonds. The molecule has 0 unspecified atom stereocenters. The van der Waals surface area contributed by atoms with Gasteiger partial charge in [-0.05, 0) is 52.7 Å². The van der Waals surface area contributed by atoms with Crippen molar-refractivity contribution in [1.29, 1.82) is 0 Å². The molecular formula is C21H21N3O3. The minimum atomic E-state index is -0.570. The Morgan fingerprint density at radius 3 is 2.15 bits per heavy atom. The van der Waals surface area contributed by atoms with Crippen molar-refractivity contribution < 1.29 is 14.8 Å². The maximum atomic E-state index is 12.4. The van der Waals surface area contributed by atoms with E-state index in [2.05, 4.69) is 11.4 Å². The number of carbonyl (C=O) groups excluding carboxylic acids is 2. The SMILES string of the molecule is CN(C)c1ccc2cc(C(=O)NCc3ccc(C(=O)NO)cc3)ccc2c1. The highest BCUT2D eigenvalue weighted by Gasteiger charge is 2.08. The lowest BCUT2D eigenvalue weighted by Crippen LogP contribution is -2.23. The van der Waals surface area contributed by atoms with Crippen LogP contribution in [0.4, 0.5) is 5.69 Å². The van der Waals surface area contributed by atoms with Crippen LogP contribution in [0.15, 0.2) is 60.7 Å². The molecule has 27 heavy (non-hydrogen) atoms. The summed E-state index contributed by atoms with van der Waals surface area (Å²) in [5.41, 5.74) is 4.49. The van der Waals surface area contributed by atoms with E-state index in [1.54, 1.807) is 29.7 Å². The van der Waals surface area contributed by atoms with E-state index in [4.69, 9.17) is 5.21 Å². The van der Waals surface area contributed by atoms with E-state index in [1.807, 2.05) is 49.3 Å². The standard InChI is InChI=1S/C21H21N3O3/c1-24(2)19-10-9-16-11-18(8-7-17(16)12-19)20(25)22-13-14-3-5-15(6-4-14)21(26)23-27/h3-12,27H,13H2,1-2H3,(H,22,25)(H,23,26). The molecule has 6 nitrogen and oxygen atoms in total. The minimum Gasteiger partial charge on any atom is -0.378 e. The number of fused-ring (bicyclic) bond motifs is 1. The van der Waals surface area contributed by atoms with Crippen molar-refractivity contribution >= 4 is 28.3 Å². The summed E-state index contributed by atoms with van der Waals surface area (Å²) in [5.74, 6) is -0.732. The van der Waals surface area contributed by atoms with Crippen LogP contribution in [0.1, 0.15) is 26.3 Å². The quantitative estimate of drug-likeness (QED) is 0.481. The number of carbonyl (C=O) groups is 2. The zero-order chi connectivity index (χ0) is 19.4. The Bertz CT molecular complexity index is 982. The molecule has 6 heteroatoms. The van der Waals surface area contributed by atoms with Gasteiger partial charge in [-0.2, -0.15) is 0 Å². The number of nitrogens with zero attached hydrogens (tertiary/aromatic N) is 1. The zero-order valence-corrected chi connectivity index (χ0v) is 15.2. The average Bonchev–Trinajstić information content (AvgIpc) is 2.70. The third kappa shape index (κ3) is 4.24. The number of hydroxylamine groups is 1. The number of hydrogen-bond acceptors (Lipinski definition) is 4. The van der Waals surface area contributed by atoms with Crippen LogP contribution in [-0.4, -0.2) is 31.1 Å². The molecule has 3 N–H and O–H groups in total. The Morgan fingerprint density at radius 1 is 0.852 bits per heavy atom. The first kappa shape index (κ1) is 18.4. The second-order valence-corrected chi connectivity index (χ2v) is 6.46. The molecule has 138 valence electrons. The van der Waals surface area contributed by atoms with Gasteiger partial charge in [0.25, 0.3) is 11.8 Å². The first-order valence-corrected chi connectivity index (χ1v) is 8.50. The van der Waals surface area contributed by atoms with Gasteiger partial charge >= 0.3 is 0 Å². The highest BCUT2D eigenvalue weighted by atomic mass is 16.5. The maximum Gasteiger partial charge on any atom is 0.274 e. The van der Waals surface area contributed by atoms with Crippen molar-refractivity contribution in [2.75, 3.05) is 19.0 Å². The number of amides is 2. The van der Waals surface area contributed by atoms with Gasteiger partial charge in [-0.25, -0.2) is 5.48 Å². The molecule has 0 bridgehead atoms. The second kappa shape index (κ2) is 7.88. The van der Waals surface area contributed by atoms with E-state index >= 15 is 0 Å². The molecule has 0 saturated heterocycles. The van der Waals surface area contributed by atoms with E-state index in [0.717, 1.165) is 22.0 Å². The molecule has 0 aliphatic heterocycles. The van der Waals surface area contributed by atoms with Crippen LogP contribution in [0.25, 0.3) is 10.8 Å². The Kier molecular flexibility index (Phi) is 5.38. The molecule has 0 saturated carbocycles. The second-order valence-electron chi connectivity index (χ2n) is 6.46. The van der Waals surface area contributed by atoms with Crippen LogP contribution < -0.4 is 15.7 Å². The number of nitrogens with one attached hydrogen (secondary N) is 2. The summed E-state index contributed by atoms with van der Waals surface area (Å²) in [7, 11) is 3.98. The van der Waals surface area contributed by atoms with E-state index in [9.17, 15) is 9.59 Å². The molecule has 0 radical (unpaired) electrons. The fraction of sp³-hybridized carbons (Fsp3) is 0.143. The smallest absolute Gasteiger partial charge is 0.274 e. The van der Waals surface area contributed by atoms with Gasteiger partial charge in [-0.15, -0.1) is 0 Å². The van der Waals surface area contributed by atoms with E-state index in [1.165, 1.54) is 0 Å². The van der Waals surface area contributed by atoms with Gasteiger partial charge in [0.2, 0.25) is 0 Å². The van der Waals surface area contributed by atoms with Gasteiger partial charge in [-0.1, -0.05) is 24.3 Å². The minimum absolute atomic E-state index is 0.161. The van der Waals surface area contributed by atoms with Crippen LogP contribution in [0.2, 0.25) is 0 Å². The first-order chi connectivity index (χ1) is 13.0. The van der Waals surface area contributed by atoms with E-state index in [0.29, 0.717) is 17.7 Å². The molecule has 0 heterocycles. The summed E-state index contributed by atoms with van der Waals surface area (Å²) in [4.78, 5) is 25.8. The molecule has 3 aromatic carbocycles. The summed E-state index contributed by atoms with van der Waals surface area (Å²) in [6.07, 6.45) is 0. The molecule has 0 atom stereocenters. The van der Waals surface area contributed by atoms with Crippen LogP contribution in [0.3, 0.4) is 0 Å². The van der Waals surface area contributed by atoms with Gasteiger partial charge in [-0.3, -0.25) is 14.8 Å². The Labute approximate surface area is 157 Å². The molecular weight excluding hydrogens is 342 g/mol. The summed E-state index contributed by atoms with van der Waals surface area (Å²) < 4.78 is 0. The predicted molar refractivity (Wildman–Crippen MR) is 105 cm³/mol. The summed E-state index contributed by atoms with van der Waals surface area (Å²) in [6, 6.07) is 18.4. The van der Waals surface area contributed by atoms with Gasteiger partial charge in [0, 0.05) is 37.5 Å². The van der Waals surface area contributed by atoms with Crippen molar-refractivity contribution in [2.24, 2.45) is 0 Å².